The van der Waals surface area contributed by atoms with Crippen molar-refractivity contribution in [3.05, 3.63) is 59.9 Å². The molecule has 19 heavy (non-hydrogen) atoms. The first-order valence-corrected chi connectivity index (χ1v) is 6.67. The summed E-state index contributed by atoms with van der Waals surface area (Å²) in [7, 11) is 2.15. The smallest absolute Gasteiger partial charge is 0.0416 e. The van der Waals surface area contributed by atoms with E-state index in [1.165, 1.54) is 5.56 Å². The average Bonchev–Trinajstić information content (AvgIpc) is 2.44. The molecule has 1 heterocycles. The molecule has 0 saturated heterocycles. The van der Waals surface area contributed by atoms with Gasteiger partial charge in [0.1, 0.15) is 0 Å². The third-order valence-corrected chi connectivity index (χ3v) is 3.21. The van der Waals surface area contributed by atoms with Crippen LogP contribution < -0.4 is 5.73 Å². The van der Waals surface area contributed by atoms with Crippen LogP contribution in [0.1, 0.15) is 11.3 Å². The van der Waals surface area contributed by atoms with Crippen molar-refractivity contribution >= 4 is 5.69 Å². The van der Waals surface area contributed by atoms with Gasteiger partial charge in [0.05, 0.1) is 0 Å². The lowest BCUT2D eigenvalue weighted by Crippen LogP contribution is -2.24. The molecule has 0 aliphatic carbocycles. The normalized spacial score (nSPS) is 10.8. The Balaban J connectivity index is 1.74. The minimum absolute atomic E-state index is 0.841. The minimum atomic E-state index is 0.841. The van der Waals surface area contributed by atoms with Crippen molar-refractivity contribution in [3.63, 3.8) is 0 Å². The molecule has 0 spiro atoms. The van der Waals surface area contributed by atoms with Crippen LogP contribution >= 0.6 is 0 Å². The van der Waals surface area contributed by atoms with Gasteiger partial charge in [-0.25, -0.2) is 0 Å². The molecular formula is C16H21N3. The van der Waals surface area contributed by atoms with E-state index < -0.39 is 0 Å². The first-order valence-electron chi connectivity index (χ1n) is 6.67. The summed E-state index contributed by atoms with van der Waals surface area (Å²) in [5, 5.41) is 0. The molecule has 2 N–H and O–H groups in total. The number of nitrogens with zero attached hydrogens (tertiary/aromatic N) is 2. The first-order chi connectivity index (χ1) is 9.24. The van der Waals surface area contributed by atoms with E-state index in [0.29, 0.717) is 0 Å². The SMILES string of the molecule is CN(CCc1cccc(N)c1)CCc1ccccn1. The van der Waals surface area contributed by atoms with Crippen LogP contribution in [0.5, 0.6) is 0 Å². The molecule has 3 heteroatoms. The Morgan fingerprint density at radius 2 is 1.89 bits per heavy atom. The van der Waals surface area contributed by atoms with Gasteiger partial charge in [-0.2, -0.15) is 0 Å². The van der Waals surface area contributed by atoms with Gasteiger partial charge in [-0.1, -0.05) is 18.2 Å². The Bertz CT molecular complexity index is 496. The fourth-order valence-electron chi connectivity index (χ4n) is 2.03. The highest BCUT2D eigenvalue weighted by molar-refractivity contribution is 5.40. The fraction of sp³-hybridized carbons (Fsp3) is 0.312. The predicted molar refractivity (Wildman–Crippen MR) is 80.0 cm³/mol. The second kappa shape index (κ2) is 6.90. The van der Waals surface area contributed by atoms with Crippen LogP contribution in [0.2, 0.25) is 0 Å². The van der Waals surface area contributed by atoms with Crippen LogP contribution in [0.3, 0.4) is 0 Å². The van der Waals surface area contributed by atoms with E-state index in [9.17, 15) is 0 Å². The average molecular weight is 255 g/mol. The number of aromatic nitrogens is 1. The fourth-order valence-corrected chi connectivity index (χ4v) is 2.03. The van der Waals surface area contributed by atoms with Crippen molar-refractivity contribution < 1.29 is 0 Å². The molecule has 0 aliphatic rings. The molecule has 2 aromatic rings. The maximum absolute atomic E-state index is 5.78. The largest absolute Gasteiger partial charge is 0.399 e. The highest BCUT2D eigenvalue weighted by Gasteiger charge is 2.01. The molecule has 0 atom stereocenters. The van der Waals surface area contributed by atoms with E-state index in [0.717, 1.165) is 37.3 Å². The summed E-state index contributed by atoms with van der Waals surface area (Å²) >= 11 is 0. The van der Waals surface area contributed by atoms with Crippen LogP contribution in [-0.2, 0) is 12.8 Å². The Morgan fingerprint density at radius 1 is 1.05 bits per heavy atom. The Kier molecular flexibility index (Phi) is 4.93. The molecule has 0 unspecified atom stereocenters. The number of nitrogen functional groups attached to an aromatic ring is 1. The highest BCUT2D eigenvalue weighted by atomic mass is 15.1. The Labute approximate surface area is 115 Å². The molecule has 1 aromatic heterocycles. The van der Waals surface area contributed by atoms with Crippen LogP contribution in [-0.4, -0.2) is 30.0 Å². The summed E-state index contributed by atoms with van der Waals surface area (Å²) in [5.74, 6) is 0. The predicted octanol–water partition coefficient (Wildman–Crippen LogP) is 2.38. The number of pyridine rings is 1. The summed E-state index contributed by atoms with van der Waals surface area (Å²) in [5.41, 5.74) is 9.07. The van der Waals surface area contributed by atoms with E-state index in [2.05, 4.69) is 29.1 Å². The van der Waals surface area contributed by atoms with Crippen LogP contribution in [0.4, 0.5) is 5.69 Å². The monoisotopic (exact) mass is 255 g/mol. The van der Waals surface area contributed by atoms with Gasteiger partial charge in [0.2, 0.25) is 0 Å². The van der Waals surface area contributed by atoms with Crippen molar-refractivity contribution in [2.45, 2.75) is 12.8 Å². The molecule has 1 aromatic carbocycles. The number of likely N-dealkylation sites (N-methyl/N-ethyl adjacent to an activating group) is 1. The molecule has 2 rings (SSSR count). The zero-order valence-electron chi connectivity index (χ0n) is 11.4. The number of hydrogen-bond acceptors (Lipinski definition) is 3. The molecule has 3 nitrogen and oxygen atoms in total. The van der Waals surface area contributed by atoms with Crippen molar-refractivity contribution in [2.24, 2.45) is 0 Å². The summed E-state index contributed by atoms with van der Waals surface area (Å²) in [6.45, 7) is 2.07. The van der Waals surface area contributed by atoms with E-state index in [1.54, 1.807) is 0 Å². The highest BCUT2D eigenvalue weighted by Crippen LogP contribution is 2.07. The second-order valence-corrected chi connectivity index (χ2v) is 4.87. The third-order valence-electron chi connectivity index (χ3n) is 3.21. The lowest BCUT2D eigenvalue weighted by molar-refractivity contribution is 0.341. The van der Waals surface area contributed by atoms with Gasteiger partial charge in [-0.15, -0.1) is 0 Å². The van der Waals surface area contributed by atoms with Crippen molar-refractivity contribution in [1.82, 2.24) is 9.88 Å². The summed E-state index contributed by atoms with van der Waals surface area (Å²) < 4.78 is 0. The molecule has 100 valence electrons. The van der Waals surface area contributed by atoms with Gasteiger partial charge < -0.3 is 10.6 Å². The van der Waals surface area contributed by atoms with Crippen molar-refractivity contribution in [1.29, 1.82) is 0 Å². The van der Waals surface area contributed by atoms with E-state index >= 15 is 0 Å². The quantitative estimate of drug-likeness (QED) is 0.806. The summed E-state index contributed by atoms with van der Waals surface area (Å²) in [4.78, 5) is 6.67. The van der Waals surface area contributed by atoms with Crippen LogP contribution in [0, 0.1) is 0 Å². The van der Waals surface area contributed by atoms with E-state index in [4.69, 9.17) is 5.73 Å². The first kappa shape index (κ1) is 13.6. The lowest BCUT2D eigenvalue weighted by atomic mass is 10.1. The minimum Gasteiger partial charge on any atom is -0.399 e. The second-order valence-electron chi connectivity index (χ2n) is 4.87. The zero-order valence-corrected chi connectivity index (χ0v) is 11.4. The van der Waals surface area contributed by atoms with Crippen LogP contribution in [0.15, 0.2) is 48.7 Å². The van der Waals surface area contributed by atoms with Gasteiger partial charge in [0.25, 0.3) is 0 Å². The number of nitrogens with two attached hydrogens (primary N) is 1. The zero-order chi connectivity index (χ0) is 13.5. The number of rotatable bonds is 6. The summed E-state index contributed by atoms with van der Waals surface area (Å²) in [6.07, 6.45) is 3.88. The molecule has 0 radical (unpaired) electrons. The van der Waals surface area contributed by atoms with Gasteiger partial charge in [0.15, 0.2) is 0 Å². The van der Waals surface area contributed by atoms with Gasteiger partial charge in [-0.3, -0.25) is 4.98 Å². The molecule has 0 fully saturated rings. The maximum atomic E-state index is 5.78. The maximum Gasteiger partial charge on any atom is 0.0416 e. The van der Waals surface area contributed by atoms with Gasteiger partial charge >= 0.3 is 0 Å². The van der Waals surface area contributed by atoms with Crippen LogP contribution in [0.25, 0.3) is 0 Å². The topological polar surface area (TPSA) is 42.1 Å². The number of hydrogen-bond donors (Lipinski definition) is 1. The Hall–Kier alpha value is -1.87. The molecule has 0 aliphatic heterocycles. The third kappa shape index (κ3) is 4.72. The van der Waals surface area contributed by atoms with E-state index in [1.807, 2.05) is 36.5 Å². The van der Waals surface area contributed by atoms with Gasteiger partial charge in [0, 0.05) is 37.1 Å². The molecule has 0 saturated carbocycles. The van der Waals surface area contributed by atoms with Gasteiger partial charge in [-0.05, 0) is 43.3 Å². The van der Waals surface area contributed by atoms with Crippen molar-refractivity contribution in [2.75, 3.05) is 25.9 Å². The summed E-state index contributed by atoms with van der Waals surface area (Å²) in [6, 6.07) is 14.2. The molecule has 0 bridgehead atoms. The Morgan fingerprint density at radius 3 is 2.63 bits per heavy atom. The standard InChI is InChI=1S/C16H21N3/c1-19(12-9-16-7-2-3-10-18-16)11-8-14-5-4-6-15(17)13-14/h2-7,10,13H,8-9,11-12,17H2,1H3. The number of anilines is 1. The molecular weight excluding hydrogens is 234 g/mol. The van der Waals surface area contributed by atoms with Crippen molar-refractivity contribution in [3.8, 4) is 0 Å². The van der Waals surface area contributed by atoms with E-state index in [-0.39, 0.29) is 0 Å². The lowest BCUT2D eigenvalue weighted by Gasteiger charge is -2.16. The molecule has 0 amide bonds. The number of benzene rings is 1.